The van der Waals surface area contributed by atoms with Gasteiger partial charge in [-0.3, -0.25) is 4.90 Å². The van der Waals surface area contributed by atoms with Crippen LogP contribution < -0.4 is 5.32 Å². The molecule has 3 atom stereocenters. The topological polar surface area (TPSA) is 24.5 Å². The number of hydrogen-bond acceptors (Lipinski definition) is 3. The summed E-state index contributed by atoms with van der Waals surface area (Å²) in [4.78, 5) is 2.81. The number of ether oxygens (including phenoxy) is 1. The lowest BCUT2D eigenvalue weighted by Gasteiger charge is -2.37. The molecule has 3 heteroatoms. The lowest BCUT2D eigenvalue weighted by Crippen LogP contribution is -2.43. The third kappa shape index (κ3) is 2.13. The molecule has 3 unspecified atom stereocenters. The zero-order chi connectivity index (χ0) is 11.8. The number of nitrogens with one attached hydrogen (secondary N) is 1. The van der Waals surface area contributed by atoms with Crippen molar-refractivity contribution >= 4 is 0 Å². The maximum atomic E-state index is 5.48. The van der Waals surface area contributed by atoms with Crippen LogP contribution in [0.3, 0.4) is 0 Å². The Morgan fingerprint density at radius 1 is 1.12 bits per heavy atom. The smallest absolute Gasteiger partial charge is 0.0572 e. The fourth-order valence-corrected chi connectivity index (χ4v) is 4.30. The molecule has 1 N–H and O–H groups in total. The Labute approximate surface area is 105 Å². The summed E-state index contributed by atoms with van der Waals surface area (Å²) >= 11 is 0. The summed E-state index contributed by atoms with van der Waals surface area (Å²) in [5.41, 5.74) is 0. The number of fused-ring (bicyclic) bond motifs is 1. The molecule has 1 saturated carbocycles. The van der Waals surface area contributed by atoms with Gasteiger partial charge in [-0.2, -0.15) is 0 Å². The second kappa shape index (κ2) is 4.87. The minimum Gasteiger partial charge on any atom is -0.381 e. The third-order valence-electron chi connectivity index (χ3n) is 5.43. The monoisotopic (exact) mass is 238 g/mol. The predicted molar refractivity (Wildman–Crippen MR) is 69.1 cm³/mol. The Bertz CT molecular complexity index is 263. The molecule has 2 saturated heterocycles. The second-order valence-corrected chi connectivity index (χ2v) is 6.19. The van der Waals surface area contributed by atoms with E-state index in [1.165, 1.54) is 45.3 Å². The third-order valence-corrected chi connectivity index (χ3v) is 5.43. The lowest BCUT2D eigenvalue weighted by molar-refractivity contribution is 0.0340. The van der Waals surface area contributed by atoms with Gasteiger partial charge in [-0.25, -0.2) is 0 Å². The molecule has 0 radical (unpaired) electrons. The zero-order valence-corrected chi connectivity index (χ0v) is 11.2. The van der Waals surface area contributed by atoms with Gasteiger partial charge in [-0.15, -0.1) is 0 Å². The summed E-state index contributed by atoms with van der Waals surface area (Å²) < 4.78 is 5.48. The van der Waals surface area contributed by atoms with Gasteiger partial charge in [0.05, 0.1) is 6.10 Å². The fourth-order valence-electron chi connectivity index (χ4n) is 4.30. The lowest BCUT2D eigenvalue weighted by atomic mass is 9.91. The van der Waals surface area contributed by atoms with Crippen LogP contribution in [-0.2, 0) is 4.74 Å². The molecule has 3 fully saturated rings. The molecule has 0 bridgehead atoms. The summed E-state index contributed by atoms with van der Waals surface area (Å²) in [6.07, 6.45) is 5.74. The van der Waals surface area contributed by atoms with Crippen molar-refractivity contribution < 1.29 is 4.74 Å². The highest BCUT2D eigenvalue weighted by atomic mass is 16.5. The van der Waals surface area contributed by atoms with E-state index in [-0.39, 0.29) is 0 Å². The van der Waals surface area contributed by atoms with Gasteiger partial charge in [-0.1, -0.05) is 0 Å². The van der Waals surface area contributed by atoms with E-state index < -0.39 is 0 Å². The molecule has 0 aromatic rings. The van der Waals surface area contributed by atoms with Gasteiger partial charge in [0, 0.05) is 25.7 Å². The number of nitrogens with zero attached hydrogens (tertiary/aromatic N) is 1. The van der Waals surface area contributed by atoms with Crippen molar-refractivity contribution in [3.05, 3.63) is 0 Å². The summed E-state index contributed by atoms with van der Waals surface area (Å²) in [5, 5.41) is 3.55. The van der Waals surface area contributed by atoms with E-state index in [1.54, 1.807) is 0 Å². The van der Waals surface area contributed by atoms with E-state index in [0.717, 1.165) is 23.9 Å². The molecule has 3 rings (SSSR count). The summed E-state index contributed by atoms with van der Waals surface area (Å²) in [6.45, 7) is 6.27. The average molecular weight is 238 g/mol. The SMILES string of the molecule is COC1CCC(N2CC3CNCC3C2C)CC1. The summed E-state index contributed by atoms with van der Waals surface area (Å²) in [5.74, 6) is 1.83. The Kier molecular flexibility index (Phi) is 3.42. The van der Waals surface area contributed by atoms with Crippen molar-refractivity contribution in [2.24, 2.45) is 11.8 Å². The van der Waals surface area contributed by atoms with Crippen LogP contribution in [0.5, 0.6) is 0 Å². The molecule has 17 heavy (non-hydrogen) atoms. The van der Waals surface area contributed by atoms with E-state index in [2.05, 4.69) is 17.1 Å². The molecule has 0 aromatic heterocycles. The van der Waals surface area contributed by atoms with Gasteiger partial charge in [0.15, 0.2) is 0 Å². The zero-order valence-electron chi connectivity index (χ0n) is 11.2. The Hall–Kier alpha value is -0.120. The van der Waals surface area contributed by atoms with Crippen LogP contribution in [0.4, 0.5) is 0 Å². The Morgan fingerprint density at radius 2 is 1.88 bits per heavy atom. The maximum absolute atomic E-state index is 5.48. The van der Waals surface area contributed by atoms with Crippen molar-refractivity contribution in [3.63, 3.8) is 0 Å². The summed E-state index contributed by atoms with van der Waals surface area (Å²) in [6, 6.07) is 1.63. The molecule has 2 heterocycles. The molecule has 1 aliphatic carbocycles. The van der Waals surface area contributed by atoms with Gasteiger partial charge >= 0.3 is 0 Å². The Morgan fingerprint density at radius 3 is 2.53 bits per heavy atom. The van der Waals surface area contributed by atoms with Crippen molar-refractivity contribution in [1.29, 1.82) is 0 Å². The first-order valence-electron chi connectivity index (χ1n) is 7.29. The quantitative estimate of drug-likeness (QED) is 0.789. The minimum absolute atomic E-state index is 0.533. The minimum atomic E-state index is 0.533. The predicted octanol–water partition coefficient (Wildman–Crippen LogP) is 1.48. The van der Waals surface area contributed by atoms with Gasteiger partial charge in [0.25, 0.3) is 0 Å². The van der Waals surface area contributed by atoms with Gasteiger partial charge in [0.1, 0.15) is 0 Å². The molecule has 0 aromatic carbocycles. The van der Waals surface area contributed by atoms with Crippen LogP contribution in [0.15, 0.2) is 0 Å². The van der Waals surface area contributed by atoms with Crippen LogP contribution in [0, 0.1) is 11.8 Å². The highest BCUT2D eigenvalue weighted by molar-refractivity contribution is 4.99. The molecule has 98 valence electrons. The highest BCUT2D eigenvalue weighted by Gasteiger charge is 2.44. The van der Waals surface area contributed by atoms with Gasteiger partial charge in [-0.05, 0) is 57.5 Å². The molecule has 0 amide bonds. The van der Waals surface area contributed by atoms with Crippen LogP contribution in [0.1, 0.15) is 32.6 Å². The number of rotatable bonds is 2. The first kappa shape index (κ1) is 11.9. The first-order chi connectivity index (χ1) is 8.29. The molecule has 0 spiro atoms. The standard InChI is InChI=1S/C14H26N2O/c1-10-14-8-15-7-11(14)9-16(10)12-3-5-13(17-2)6-4-12/h10-15H,3-9H2,1-2H3. The van der Waals surface area contributed by atoms with Crippen LogP contribution in [0.25, 0.3) is 0 Å². The van der Waals surface area contributed by atoms with E-state index in [0.29, 0.717) is 6.10 Å². The number of methoxy groups -OCH3 is 1. The molecular weight excluding hydrogens is 212 g/mol. The van der Waals surface area contributed by atoms with E-state index in [9.17, 15) is 0 Å². The molecule has 3 nitrogen and oxygen atoms in total. The average Bonchev–Trinajstić information content (AvgIpc) is 2.93. The van der Waals surface area contributed by atoms with E-state index >= 15 is 0 Å². The first-order valence-corrected chi connectivity index (χ1v) is 7.29. The van der Waals surface area contributed by atoms with Crippen LogP contribution in [-0.4, -0.2) is 49.8 Å². The molecular formula is C14H26N2O. The highest BCUT2D eigenvalue weighted by Crippen LogP contribution is 2.37. The van der Waals surface area contributed by atoms with Gasteiger partial charge in [0.2, 0.25) is 0 Å². The van der Waals surface area contributed by atoms with Gasteiger partial charge < -0.3 is 10.1 Å². The Balaban J connectivity index is 1.59. The second-order valence-electron chi connectivity index (χ2n) is 6.19. The summed E-state index contributed by atoms with van der Waals surface area (Å²) in [7, 11) is 1.86. The van der Waals surface area contributed by atoms with Crippen molar-refractivity contribution in [3.8, 4) is 0 Å². The van der Waals surface area contributed by atoms with Crippen LogP contribution >= 0.6 is 0 Å². The normalized spacial score (nSPS) is 47.3. The molecule has 2 aliphatic heterocycles. The van der Waals surface area contributed by atoms with Crippen molar-refractivity contribution in [2.75, 3.05) is 26.7 Å². The van der Waals surface area contributed by atoms with E-state index in [1.807, 2.05) is 7.11 Å². The largest absolute Gasteiger partial charge is 0.381 e. The number of likely N-dealkylation sites (tertiary alicyclic amines) is 1. The van der Waals surface area contributed by atoms with Crippen molar-refractivity contribution in [1.82, 2.24) is 10.2 Å². The fraction of sp³-hybridized carbons (Fsp3) is 1.00. The molecule has 3 aliphatic rings. The van der Waals surface area contributed by atoms with Crippen LogP contribution in [0.2, 0.25) is 0 Å². The van der Waals surface area contributed by atoms with E-state index in [4.69, 9.17) is 4.74 Å². The number of hydrogen-bond donors (Lipinski definition) is 1. The van der Waals surface area contributed by atoms with Crippen molar-refractivity contribution in [2.45, 2.75) is 50.8 Å². The maximum Gasteiger partial charge on any atom is 0.0572 e.